The first-order valence-electron chi connectivity index (χ1n) is 9.62. The zero-order valence-electron chi connectivity index (χ0n) is 17.2. The summed E-state index contributed by atoms with van der Waals surface area (Å²) in [7, 11) is 1.55. The molecule has 0 amide bonds. The summed E-state index contributed by atoms with van der Waals surface area (Å²) in [5, 5.41) is 0. The number of ketones is 1. The van der Waals surface area contributed by atoms with Crippen LogP contribution in [0.1, 0.15) is 21.5 Å². The van der Waals surface area contributed by atoms with E-state index in [1.165, 1.54) is 24.3 Å². The van der Waals surface area contributed by atoms with Crippen LogP contribution in [0.25, 0.3) is 11.6 Å². The Morgan fingerprint density at radius 3 is 2.25 bits per heavy atom. The van der Waals surface area contributed by atoms with Crippen LogP contribution >= 0.6 is 0 Å². The average molecular weight is 438 g/mol. The maximum Gasteiger partial charge on any atom is 0.387 e. The highest BCUT2D eigenvalue weighted by molar-refractivity contribution is 6.22. The molecule has 3 aromatic rings. The van der Waals surface area contributed by atoms with Gasteiger partial charge in [0.1, 0.15) is 11.5 Å². The fourth-order valence-corrected chi connectivity index (χ4v) is 2.89. The zero-order valence-corrected chi connectivity index (χ0v) is 17.2. The van der Waals surface area contributed by atoms with Crippen molar-refractivity contribution >= 4 is 23.4 Å². The molecular weight excluding hydrogens is 418 g/mol. The summed E-state index contributed by atoms with van der Waals surface area (Å²) in [6.07, 6.45) is 1.65. The fourth-order valence-electron chi connectivity index (χ4n) is 2.89. The number of rotatable bonds is 9. The number of hydrogen-bond donors (Lipinski definition) is 0. The molecule has 3 aromatic carbocycles. The third-order valence-corrected chi connectivity index (χ3v) is 4.45. The first-order chi connectivity index (χ1) is 15.5. The predicted octanol–water partition coefficient (Wildman–Crippen LogP) is 5.26. The van der Waals surface area contributed by atoms with Crippen LogP contribution in [0.3, 0.4) is 0 Å². The van der Waals surface area contributed by atoms with Crippen LogP contribution in [0.2, 0.25) is 0 Å². The summed E-state index contributed by atoms with van der Waals surface area (Å²) in [4.78, 5) is 25.2. The van der Waals surface area contributed by atoms with Gasteiger partial charge >= 0.3 is 12.6 Å². The molecule has 7 heteroatoms. The lowest BCUT2D eigenvalue weighted by Gasteiger charge is -2.10. The molecule has 32 heavy (non-hydrogen) atoms. The third kappa shape index (κ3) is 6.25. The number of methoxy groups -OCH3 is 1. The van der Waals surface area contributed by atoms with Crippen molar-refractivity contribution in [2.75, 3.05) is 13.7 Å². The smallest absolute Gasteiger partial charge is 0.387 e. The zero-order chi connectivity index (χ0) is 22.9. The normalized spacial score (nSPS) is 11.2. The minimum Gasteiger partial charge on any atom is -0.497 e. The Morgan fingerprint density at radius 2 is 1.59 bits per heavy atom. The summed E-state index contributed by atoms with van der Waals surface area (Å²) in [6, 6.07) is 21.2. The van der Waals surface area contributed by atoms with E-state index in [4.69, 9.17) is 9.47 Å². The van der Waals surface area contributed by atoms with Gasteiger partial charge in [-0.2, -0.15) is 8.78 Å². The van der Waals surface area contributed by atoms with Crippen molar-refractivity contribution in [3.05, 3.63) is 95.6 Å². The van der Waals surface area contributed by atoms with Gasteiger partial charge in [0, 0.05) is 5.56 Å². The lowest BCUT2D eigenvalue weighted by molar-refractivity contribution is -0.135. The Hall–Kier alpha value is -4.00. The molecule has 0 bridgehead atoms. The molecule has 0 saturated carbocycles. The number of hydrogen-bond acceptors (Lipinski definition) is 5. The van der Waals surface area contributed by atoms with Crippen LogP contribution in [-0.2, 0) is 9.53 Å². The summed E-state index contributed by atoms with van der Waals surface area (Å²) < 4.78 is 39.2. The highest BCUT2D eigenvalue weighted by atomic mass is 19.3. The van der Waals surface area contributed by atoms with E-state index in [-0.39, 0.29) is 16.9 Å². The van der Waals surface area contributed by atoms with Gasteiger partial charge in [-0.05, 0) is 53.6 Å². The van der Waals surface area contributed by atoms with Crippen molar-refractivity contribution in [3.63, 3.8) is 0 Å². The molecule has 164 valence electrons. The maximum absolute atomic E-state index is 12.8. The highest BCUT2D eigenvalue weighted by Gasteiger charge is 2.17. The third-order valence-electron chi connectivity index (χ3n) is 4.45. The van der Waals surface area contributed by atoms with E-state index in [0.29, 0.717) is 11.3 Å². The van der Waals surface area contributed by atoms with Crippen LogP contribution in [0.15, 0.2) is 78.9 Å². The second-order valence-corrected chi connectivity index (χ2v) is 6.60. The van der Waals surface area contributed by atoms with E-state index in [2.05, 4.69) is 4.74 Å². The van der Waals surface area contributed by atoms with E-state index in [1.807, 2.05) is 12.1 Å². The van der Waals surface area contributed by atoms with Gasteiger partial charge < -0.3 is 14.2 Å². The molecule has 0 aliphatic heterocycles. The molecule has 0 spiro atoms. The number of halogens is 2. The second-order valence-electron chi connectivity index (χ2n) is 6.60. The van der Waals surface area contributed by atoms with Gasteiger partial charge in [0.25, 0.3) is 0 Å². The topological polar surface area (TPSA) is 61.8 Å². The molecule has 0 saturated heterocycles. The van der Waals surface area contributed by atoms with E-state index < -0.39 is 25.0 Å². The highest BCUT2D eigenvalue weighted by Crippen LogP contribution is 2.22. The molecule has 0 N–H and O–H groups in total. The predicted molar refractivity (Wildman–Crippen MR) is 116 cm³/mol. The molecule has 0 aliphatic carbocycles. The van der Waals surface area contributed by atoms with Gasteiger partial charge in [-0.3, -0.25) is 4.79 Å². The van der Waals surface area contributed by atoms with Gasteiger partial charge in [-0.15, -0.1) is 0 Å². The molecule has 0 heterocycles. The van der Waals surface area contributed by atoms with Gasteiger partial charge in [-0.1, -0.05) is 42.5 Å². The first-order valence-corrected chi connectivity index (χ1v) is 9.62. The van der Waals surface area contributed by atoms with Crippen molar-refractivity contribution < 1.29 is 32.6 Å². The quantitative estimate of drug-likeness (QED) is 0.197. The minimum absolute atomic E-state index is 0.0684. The molecule has 3 rings (SSSR count). The molecule has 0 unspecified atom stereocenters. The summed E-state index contributed by atoms with van der Waals surface area (Å²) in [6.45, 7) is -3.46. The monoisotopic (exact) mass is 438 g/mol. The van der Waals surface area contributed by atoms with Crippen molar-refractivity contribution in [2.24, 2.45) is 0 Å². The van der Waals surface area contributed by atoms with E-state index in [0.717, 1.165) is 5.56 Å². The number of carbonyl (C=O) groups excluding carboxylic acids is 2. The molecule has 0 fully saturated rings. The SMILES string of the molecule is COc1cccc(/C=C(/C(=O)OCC(=O)c2ccc(OC(F)F)cc2)c2ccccc2)c1. The van der Waals surface area contributed by atoms with Crippen LogP contribution in [0, 0.1) is 0 Å². The molecular formula is C25H20F2O5. The number of esters is 1. The Bertz CT molecular complexity index is 1090. The molecule has 0 radical (unpaired) electrons. The summed E-state index contributed by atoms with van der Waals surface area (Å²) in [5.74, 6) is -0.587. The lowest BCUT2D eigenvalue weighted by atomic mass is 10.0. The van der Waals surface area contributed by atoms with Crippen LogP contribution in [-0.4, -0.2) is 32.1 Å². The number of benzene rings is 3. The summed E-state index contributed by atoms with van der Waals surface area (Å²) >= 11 is 0. The largest absolute Gasteiger partial charge is 0.497 e. The molecule has 0 aromatic heterocycles. The van der Waals surface area contributed by atoms with Crippen LogP contribution in [0.4, 0.5) is 8.78 Å². The van der Waals surface area contributed by atoms with Gasteiger partial charge in [0.15, 0.2) is 12.4 Å². The van der Waals surface area contributed by atoms with E-state index in [9.17, 15) is 18.4 Å². The number of carbonyl (C=O) groups is 2. The Balaban J connectivity index is 1.75. The van der Waals surface area contributed by atoms with E-state index >= 15 is 0 Å². The second kappa shape index (κ2) is 10.9. The maximum atomic E-state index is 12.8. The fraction of sp³-hybridized carbons (Fsp3) is 0.120. The van der Waals surface area contributed by atoms with E-state index in [1.54, 1.807) is 55.7 Å². The number of alkyl halides is 2. The van der Waals surface area contributed by atoms with Gasteiger partial charge in [0.05, 0.1) is 12.7 Å². The molecule has 5 nitrogen and oxygen atoms in total. The standard InChI is InChI=1S/C25H20F2O5/c1-30-21-9-5-6-17(14-21)15-22(18-7-3-2-4-8-18)24(29)31-16-23(28)19-10-12-20(13-11-19)32-25(26)27/h2-15,25H,16H2,1H3/b22-15+. The Kier molecular flexibility index (Phi) is 7.70. The lowest BCUT2D eigenvalue weighted by Crippen LogP contribution is -2.15. The van der Waals surface area contributed by atoms with Crippen molar-refractivity contribution in [1.82, 2.24) is 0 Å². The van der Waals surface area contributed by atoms with Crippen molar-refractivity contribution in [3.8, 4) is 11.5 Å². The minimum atomic E-state index is -2.95. The van der Waals surface area contributed by atoms with Gasteiger partial charge in [0.2, 0.25) is 0 Å². The molecule has 0 atom stereocenters. The van der Waals surface area contributed by atoms with Crippen LogP contribution < -0.4 is 9.47 Å². The van der Waals surface area contributed by atoms with Crippen molar-refractivity contribution in [2.45, 2.75) is 6.61 Å². The number of Topliss-reactive ketones (excluding diaryl/α,β-unsaturated/α-hetero) is 1. The van der Waals surface area contributed by atoms with Crippen LogP contribution in [0.5, 0.6) is 11.5 Å². The first kappa shape index (κ1) is 22.7. The van der Waals surface area contributed by atoms with Crippen molar-refractivity contribution in [1.29, 1.82) is 0 Å². The number of ether oxygens (including phenoxy) is 3. The summed E-state index contributed by atoms with van der Waals surface area (Å²) in [5.41, 5.74) is 1.83. The Labute approximate surface area is 183 Å². The Morgan fingerprint density at radius 1 is 0.875 bits per heavy atom. The van der Waals surface area contributed by atoms with Gasteiger partial charge in [-0.25, -0.2) is 4.79 Å². The molecule has 0 aliphatic rings. The average Bonchev–Trinajstić information content (AvgIpc) is 2.81.